The summed E-state index contributed by atoms with van der Waals surface area (Å²) < 4.78 is 14.9. The number of hydrogen-bond acceptors (Lipinski definition) is 4. The SMILES string of the molecule is Cc1cc(C)n2c(CNC(=O)Cc3cccc(F)c3)nnc2n1. The molecular formula is C16H16FN5O. The number of amides is 1. The molecule has 0 aliphatic carbocycles. The zero-order chi connectivity index (χ0) is 16.4. The van der Waals surface area contributed by atoms with E-state index in [1.165, 1.54) is 12.1 Å². The van der Waals surface area contributed by atoms with Gasteiger partial charge in [0.15, 0.2) is 5.82 Å². The minimum Gasteiger partial charge on any atom is -0.348 e. The molecule has 23 heavy (non-hydrogen) atoms. The van der Waals surface area contributed by atoms with Crippen LogP contribution in [0.4, 0.5) is 4.39 Å². The number of rotatable bonds is 4. The number of hydrogen-bond donors (Lipinski definition) is 1. The van der Waals surface area contributed by atoms with Crippen molar-refractivity contribution in [2.24, 2.45) is 0 Å². The van der Waals surface area contributed by atoms with E-state index in [0.29, 0.717) is 17.2 Å². The van der Waals surface area contributed by atoms with E-state index in [2.05, 4.69) is 20.5 Å². The van der Waals surface area contributed by atoms with Gasteiger partial charge in [0.05, 0.1) is 13.0 Å². The number of halogens is 1. The average molecular weight is 313 g/mol. The molecule has 0 bridgehead atoms. The molecule has 2 aromatic heterocycles. The zero-order valence-electron chi connectivity index (χ0n) is 12.9. The van der Waals surface area contributed by atoms with E-state index in [0.717, 1.165) is 11.4 Å². The summed E-state index contributed by atoms with van der Waals surface area (Å²) >= 11 is 0. The highest BCUT2D eigenvalue weighted by Gasteiger charge is 2.11. The van der Waals surface area contributed by atoms with Crippen LogP contribution in [-0.2, 0) is 17.8 Å². The Morgan fingerprint density at radius 3 is 2.87 bits per heavy atom. The summed E-state index contributed by atoms with van der Waals surface area (Å²) in [6, 6.07) is 7.92. The fraction of sp³-hybridized carbons (Fsp3) is 0.250. The minimum atomic E-state index is -0.351. The molecule has 7 heteroatoms. The van der Waals surface area contributed by atoms with Crippen LogP contribution >= 0.6 is 0 Å². The van der Waals surface area contributed by atoms with Crippen molar-refractivity contribution in [2.75, 3.05) is 0 Å². The van der Waals surface area contributed by atoms with Gasteiger partial charge >= 0.3 is 0 Å². The smallest absolute Gasteiger partial charge is 0.255 e. The van der Waals surface area contributed by atoms with Crippen LogP contribution < -0.4 is 5.32 Å². The third kappa shape index (κ3) is 3.33. The fourth-order valence-corrected chi connectivity index (χ4v) is 2.48. The molecule has 1 N–H and O–H groups in total. The predicted octanol–water partition coefficient (Wildman–Crippen LogP) is 1.74. The van der Waals surface area contributed by atoms with Crippen LogP contribution in [0.3, 0.4) is 0 Å². The van der Waals surface area contributed by atoms with Gasteiger partial charge < -0.3 is 5.32 Å². The number of nitrogens with zero attached hydrogens (tertiary/aromatic N) is 4. The molecule has 0 unspecified atom stereocenters. The summed E-state index contributed by atoms with van der Waals surface area (Å²) in [6.45, 7) is 4.06. The third-order valence-electron chi connectivity index (χ3n) is 3.46. The largest absolute Gasteiger partial charge is 0.348 e. The Hall–Kier alpha value is -2.83. The normalized spacial score (nSPS) is 10.9. The number of carbonyl (C=O) groups excluding carboxylic acids is 1. The lowest BCUT2D eigenvalue weighted by atomic mass is 10.1. The second-order valence-electron chi connectivity index (χ2n) is 5.37. The van der Waals surface area contributed by atoms with Crippen molar-refractivity contribution < 1.29 is 9.18 Å². The van der Waals surface area contributed by atoms with Crippen molar-refractivity contribution in [3.63, 3.8) is 0 Å². The van der Waals surface area contributed by atoms with E-state index in [4.69, 9.17) is 0 Å². The van der Waals surface area contributed by atoms with E-state index < -0.39 is 0 Å². The Kier molecular flexibility index (Phi) is 4.01. The molecule has 118 valence electrons. The molecule has 0 radical (unpaired) electrons. The van der Waals surface area contributed by atoms with Crippen LogP contribution in [0.5, 0.6) is 0 Å². The summed E-state index contributed by atoms with van der Waals surface area (Å²) in [5.41, 5.74) is 2.44. The Morgan fingerprint density at radius 2 is 2.09 bits per heavy atom. The van der Waals surface area contributed by atoms with E-state index in [-0.39, 0.29) is 24.7 Å². The molecule has 3 rings (SSSR count). The maximum absolute atomic E-state index is 13.1. The Labute approximate surface area is 132 Å². The predicted molar refractivity (Wildman–Crippen MR) is 82.2 cm³/mol. The summed E-state index contributed by atoms with van der Waals surface area (Å²) in [4.78, 5) is 16.3. The molecule has 0 atom stereocenters. The number of carbonyl (C=O) groups is 1. The van der Waals surface area contributed by atoms with Crippen LogP contribution in [0.25, 0.3) is 5.78 Å². The van der Waals surface area contributed by atoms with Gasteiger partial charge in [0.25, 0.3) is 5.78 Å². The van der Waals surface area contributed by atoms with Crippen LogP contribution in [-0.4, -0.2) is 25.5 Å². The van der Waals surface area contributed by atoms with Gasteiger partial charge in [-0.3, -0.25) is 9.20 Å². The second-order valence-corrected chi connectivity index (χ2v) is 5.37. The van der Waals surface area contributed by atoms with Crippen LogP contribution in [0, 0.1) is 19.7 Å². The van der Waals surface area contributed by atoms with Crippen molar-refractivity contribution in [2.45, 2.75) is 26.8 Å². The van der Waals surface area contributed by atoms with Gasteiger partial charge in [-0.1, -0.05) is 12.1 Å². The van der Waals surface area contributed by atoms with Gasteiger partial charge in [0.2, 0.25) is 5.91 Å². The van der Waals surface area contributed by atoms with Crippen molar-refractivity contribution in [1.82, 2.24) is 24.9 Å². The Balaban J connectivity index is 1.70. The molecule has 0 saturated heterocycles. The molecule has 0 aliphatic heterocycles. The van der Waals surface area contributed by atoms with Crippen molar-refractivity contribution in [3.8, 4) is 0 Å². The van der Waals surface area contributed by atoms with Gasteiger partial charge in [0, 0.05) is 11.4 Å². The lowest BCUT2D eigenvalue weighted by Gasteiger charge is -2.06. The van der Waals surface area contributed by atoms with Gasteiger partial charge in [0.1, 0.15) is 5.82 Å². The minimum absolute atomic E-state index is 0.116. The maximum Gasteiger partial charge on any atom is 0.255 e. The summed E-state index contributed by atoms with van der Waals surface area (Å²) in [5, 5.41) is 10.9. The number of aromatic nitrogens is 4. The standard InChI is InChI=1S/C16H16FN5O/c1-10-6-11(2)22-14(20-21-16(22)19-10)9-18-15(23)8-12-4-3-5-13(17)7-12/h3-7H,8-9H2,1-2H3,(H,18,23). The molecule has 0 aliphatic rings. The van der Waals surface area contributed by atoms with Crippen LogP contribution in [0.15, 0.2) is 30.3 Å². The number of benzene rings is 1. The van der Waals surface area contributed by atoms with Crippen LogP contribution in [0.2, 0.25) is 0 Å². The molecule has 6 nitrogen and oxygen atoms in total. The van der Waals surface area contributed by atoms with Crippen molar-refractivity contribution in [1.29, 1.82) is 0 Å². The average Bonchev–Trinajstić information content (AvgIpc) is 2.88. The van der Waals surface area contributed by atoms with Gasteiger partial charge in [-0.2, -0.15) is 0 Å². The van der Waals surface area contributed by atoms with Crippen molar-refractivity contribution in [3.05, 3.63) is 58.9 Å². The van der Waals surface area contributed by atoms with Crippen molar-refractivity contribution >= 4 is 11.7 Å². The van der Waals surface area contributed by atoms with Gasteiger partial charge in [-0.05, 0) is 37.6 Å². The highest BCUT2D eigenvalue weighted by atomic mass is 19.1. The molecule has 0 spiro atoms. The highest BCUT2D eigenvalue weighted by Crippen LogP contribution is 2.08. The maximum atomic E-state index is 13.1. The number of nitrogens with one attached hydrogen (secondary N) is 1. The molecule has 3 aromatic rings. The highest BCUT2D eigenvalue weighted by molar-refractivity contribution is 5.78. The topological polar surface area (TPSA) is 72.2 Å². The fourth-order valence-electron chi connectivity index (χ4n) is 2.48. The lowest BCUT2D eigenvalue weighted by Crippen LogP contribution is -2.25. The first-order valence-electron chi connectivity index (χ1n) is 7.22. The first-order valence-corrected chi connectivity index (χ1v) is 7.22. The quantitative estimate of drug-likeness (QED) is 0.796. The molecule has 1 aromatic carbocycles. The molecule has 0 saturated carbocycles. The first-order chi connectivity index (χ1) is 11.0. The Morgan fingerprint density at radius 1 is 1.26 bits per heavy atom. The van der Waals surface area contributed by atoms with E-state index in [1.807, 2.05) is 19.9 Å². The summed E-state index contributed by atoms with van der Waals surface area (Å²) in [6.07, 6.45) is 0.116. The molecule has 1 amide bonds. The van der Waals surface area contributed by atoms with Crippen LogP contribution in [0.1, 0.15) is 22.8 Å². The van der Waals surface area contributed by atoms with Gasteiger partial charge in [-0.25, -0.2) is 9.37 Å². The third-order valence-corrected chi connectivity index (χ3v) is 3.46. The summed E-state index contributed by atoms with van der Waals surface area (Å²) in [7, 11) is 0. The molecule has 0 fully saturated rings. The van der Waals surface area contributed by atoms with Gasteiger partial charge in [-0.15, -0.1) is 10.2 Å². The zero-order valence-corrected chi connectivity index (χ0v) is 12.9. The lowest BCUT2D eigenvalue weighted by molar-refractivity contribution is -0.120. The molecular weight excluding hydrogens is 297 g/mol. The second kappa shape index (κ2) is 6.12. The van der Waals surface area contributed by atoms with E-state index in [9.17, 15) is 9.18 Å². The van der Waals surface area contributed by atoms with E-state index in [1.54, 1.807) is 16.5 Å². The Bertz CT molecular complexity index is 874. The first kappa shape index (κ1) is 15.1. The summed E-state index contributed by atoms with van der Waals surface area (Å²) in [5.74, 6) is 0.565. The monoisotopic (exact) mass is 313 g/mol. The number of aryl methyl sites for hydroxylation is 2. The number of fused-ring (bicyclic) bond motifs is 1. The van der Waals surface area contributed by atoms with E-state index >= 15 is 0 Å². The molecule has 2 heterocycles.